The molecule has 1 amide bonds. The normalized spacial score (nSPS) is 12.4. The van der Waals surface area contributed by atoms with E-state index in [0.29, 0.717) is 17.8 Å². The van der Waals surface area contributed by atoms with Gasteiger partial charge in [0.25, 0.3) is 5.91 Å². The van der Waals surface area contributed by atoms with Gasteiger partial charge in [0.2, 0.25) is 10.0 Å². The quantitative estimate of drug-likeness (QED) is 0.854. The van der Waals surface area contributed by atoms with E-state index in [9.17, 15) is 13.2 Å². The number of carbonyl (C=O) groups is 1. The molecule has 0 spiro atoms. The molecular formula is C17H20N2O3S. The van der Waals surface area contributed by atoms with Crippen molar-refractivity contribution < 1.29 is 13.2 Å². The van der Waals surface area contributed by atoms with Crippen LogP contribution in [0.1, 0.15) is 28.8 Å². The van der Waals surface area contributed by atoms with Crippen LogP contribution in [0.5, 0.6) is 0 Å². The fourth-order valence-electron chi connectivity index (χ4n) is 2.19. The van der Waals surface area contributed by atoms with Crippen molar-refractivity contribution in [2.45, 2.75) is 12.8 Å². The molecule has 2 aromatic carbocycles. The van der Waals surface area contributed by atoms with E-state index < -0.39 is 10.0 Å². The van der Waals surface area contributed by atoms with Gasteiger partial charge in [0, 0.05) is 17.8 Å². The molecule has 2 rings (SSSR count). The second-order valence-corrected chi connectivity index (χ2v) is 7.23. The maximum atomic E-state index is 12.2. The Morgan fingerprint density at radius 2 is 1.78 bits per heavy atom. The Morgan fingerprint density at radius 3 is 2.43 bits per heavy atom. The number of carbonyl (C=O) groups excluding carboxylic acids is 1. The van der Waals surface area contributed by atoms with E-state index in [0.717, 1.165) is 11.8 Å². The minimum absolute atomic E-state index is 0.192. The van der Waals surface area contributed by atoms with E-state index >= 15 is 0 Å². The van der Waals surface area contributed by atoms with Crippen LogP contribution in [0.15, 0.2) is 54.6 Å². The Hall–Kier alpha value is -2.34. The van der Waals surface area contributed by atoms with Crippen LogP contribution in [0.25, 0.3) is 0 Å². The summed E-state index contributed by atoms with van der Waals surface area (Å²) in [5.41, 5.74) is 1.94. The highest BCUT2D eigenvalue weighted by Gasteiger charge is 2.10. The molecule has 1 atom stereocenters. The summed E-state index contributed by atoms with van der Waals surface area (Å²) in [4.78, 5) is 12.2. The molecule has 0 aliphatic rings. The molecule has 0 aliphatic heterocycles. The van der Waals surface area contributed by atoms with Crippen molar-refractivity contribution in [2.75, 3.05) is 17.5 Å². The van der Waals surface area contributed by atoms with E-state index in [2.05, 4.69) is 10.0 Å². The van der Waals surface area contributed by atoms with Gasteiger partial charge in [-0.15, -0.1) is 0 Å². The van der Waals surface area contributed by atoms with Crippen LogP contribution in [0.3, 0.4) is 0 Å². The second kappa shape index (κ2) is 7.28. The van der Waals surface area contributed by atoms with Crippen molar-refractivity contribution in [3.05, 3.63) is 65.7 Å². The van der Waals surface area contributed by atoms with Gasteiger partial charge in [-0.05, 0) is 29.7 Å². The lowest BCUT2D eigenvalue weighted by Crippen LogP contribution is -2.27. The first-order valence-corrected chi connectivity index (χ1v) is 9.15. The van der Waals surface area contributed by atoms with E-state index in [1.165, 1.54) is 6.07 Å². The number of anilines is 1. The minimum Gasteiger partial charge on any atom is -0.351 e. The first-order valence-electron chi connectivity index (χ1n) is 7.26. The largest absolute Gasteiger partial charge is 0.351 e. The number of hydrogen-bond acceptors (Lipinski definition) is 3. The van der Waals surface area contributed by atoms with Gasteiger partial charge < -0.3 is 5.32 Å². The summed E-state index contributed by atoms with van der Waals surface area (Å²) < 4.78 is 24.8. The van der Waals surface area contributed by atoms with Crippen LogP contribution in [0.2, 0.25) is 0 Å². The molecule has 2 N–H and O–H groups in total. The number of rotatable bonds is 6. The van der Waals surface area contributed by atoms with Crippen molar-refractivity contribution in [2.24, 2.45) is 0 Å². The van der Waals surface area contributed by atoms with Gasteiger partial charge in [0.05, 0.1) is 6.26 Å². The molecule has 0 aromatic heterocycles. The standard InChI is InChI=1S/C17H20N2O3S/c1-13(14-7-4-3-5-8-14)12-18-17(20)15-9-6-10-16(11-15)19-23(2,21)22/h3-11,13,19H,12H2,1-2H3,(H,18,20). The zero-order valence-corrected chi connectivity index (χ0v) is 13.9. The number of amides is 1. The Labute approximate surface area is 136 Å². The van der Waals surface area contributed by atoms with Gasteiger partial charge in [-0.2, -0.15) is 0 Å². The smallest absolute Gasteiger partial charge is 0.251 e. The average Bonchev–Trinajstić information content (AvgIpc) is 2.51. The summed E-state index contributed by atoms with van der Waals surface area (Å²) in [7, 11) is -3.36. The van der Waals surface area contributed by atoms with Crippen LogP contribution in [-0.2, 0) is 10.0 Å². The maximum absolute atomic E-state index is 12.2. The molecule has 2 aromatic rings. The van der Waals surface area contributed by atoms with Gasteiger partial charge in [-0.1, -0.05) is 43.3 Å². The summed E-state index contributed by atoms with van der Waals surface area (Å²) >= 11 is 0. The molecule has 0 saturated heterocycles. The van der Waals surface area contributed by atoms with Crippen LogP contribution < -0.4 is 10.0 Å². The Morgan fingerprint density at radius 1 is 1.09 bits per heavy atom. The molecule has 0 fully saturated rings. The fraction of sp³-hybridized carbons (Fsp3) is 0.235. The van der Waals surface area contributed by atoms with Crippen molar-refractivity contribution in [3.8, 4) is 0 Å². The SMILES string of the molecule is CC(CNC(=O)c1cccc(NS(C)(=O)=O)c1)c1ccccc1. The number of benzene rings is 2. The minimum atomic E-state index is -3.36. The third-order valence-electron chi connectivity index (χ3n) is 3.37. The molecule has 122 valence electrons. The molecule has 0 aliphatic carbocycles. The lowest BCUT2D eigenvalue weighted by Gasteiger charge is -2.13. The highest BCUT2D eigenvalue weighted by Crippen LogP contribution is 2.15. The summed E-state index contributed by atoms with van der Waals surface area (Å²) in [5, 5.41) is 2.87. The molecule has 0 saturated carbocycles. The third kappa shape index (κ3) is 5.41. The Bertz CT molecular complexity index is 773. The average molecular weight is 332 g/mol. The van der Waals surface area contributed by atoms with E-state index in [1.54, 1.807) is 18.2 Å². The first-order chi connectivity index (χ1) is 10.8. The summed E-state index contributed by atoms with van der Waals surface area (Å²) in [6.45, 7) is 2.55. The fourth-order valence-corrected chi connectivity index (χ4v) is 2.74. The molecule has 6 heteroatoms. The molecule has 1 unspecified atom stereocenters. The van der Waals surface area contributed by atoms with E-state index in [4.69, 9.17) is 0 Å². The molecule has 23 heavy (non-hydrogen) atoms. The second-order valence-electron chi connectivity index (χ2n) is 5.48. The summed E-state index contributed by atoms with van der Waals surface area (Å²) in [5.74, 6) is -0.0394. The molecule has 0 heterocycles. The van der Waals surface area contributed by atoms with E-state index in [1.807, 2.05) is 37.3 Å². The molecule has 0 radical (unpaired) electrons. The highest BCUT2D eigenvalue weighted by atomic mass is 32.2. The van der Waals surface area contributed by atoms with Gasteiger partial charge >= 0.3 is 0 Å². The van der Waals surface area contributed by atoms with Crippen molar-refractivity contribution in [1.29, 1.82) is 0 Å². The zero-order valence-electron chi connectivity index (χ0n) is 13.1. The molecule has 5 nitrogen and oxygen atoms in total. The lowest BCUT2D eigenvalue weighted by atomic mass is 10.0. The van der Waals surface area contributed by atoms with Crippen molar-refractivity contribution in [1.82, 2.24) is 5.32 Å². The number of hydrogen-bond donors (Lipinski definition) is 2. The third-order valence-corrected chi connectivity index (χ3v) is 3.97. The topological polar surface area (TPSA) is 75.3 Å². The van der Waals surface area contributed by atoms with Crippen molar-refractivity contribution in [3.63, 3.8) is 0 Å². The predicted octanol–water partition coefficient (Wildman–Crippen LogP) is 2.59. The first kappa shape index (κ1) is 17.0. The van der Waals surface area contributed by atoms with Crippen LogP contribution >= 0.6 is 0 Å². The Balaban J connectivity index is 1.99. The van der Waals surface area contributed by atoms with Crippen LogP contribution in [-0.4, -0.2) is 27.1 Å². The summed E-state index contributed by atoms with van der Waals surface area (Å²) in [6, 6.07) is 16.3. The maximum Gasteiger partial charge on any atom is 0.251 e. The van der Waals surface area contributed by atoms with Crippen molar-refractivity contribution >= 4 is 21.6 Å². The zero-order chi connectivity index (χ0) is 16.9. The predicted molar refractivity (Wildman–Crippen MR) is 92.1 cm³/mol. The van der Waals surface area contributed by atoms with Gasteiger partial charge in [0.15, 0.2) is 0 Å². The van der Waals surface area contributed by atoms with Gasteiger partial charge in [-0.25, -0.2) is 8.42 Å². The van der Waals surface area contributed by atoms with Gasteiger partial charge in [-0.3, -0.25) is 9.52 Å². The van der Waals surface area contributed by atoms with Crippen LogP contribution in [0.4, 0.5) is 5.69 Å². The number of sulfonamides is 1. The van der Waals surface area contributed by atoms with Gasteiger partial charge in [0.1, 0.15) is 0 Å². The monoisotopic (exact) mass is 332 g/mol. The lowest BCUT2D eigenvalue weighted by molar-refractivity contribution is 0.0951. The Kier molecular flexibility index (Phi) is 5.39. The summed E-state index contributed by atoms with van der Waals surface area (Å²) in [6.07, 6.45) is 1.07. The number of nitrogens with one attached hydrogen (secondary N) is 2. The molecular weight excluding hydrogens is 312 g/mol. The van der Waals surface area contributed by atoms with Crippen LogP contribution in [0, 0.1) is 0 Å². The highest BCUT2D eigenvalue weighted by molar-refractivity contribution is 7.92. The van der Waals surface area contributed by atoms with E-state index in [-0.39, 0.29) is 11.8 Å². The molecule has 0 bridgehead atoms.